The Morgan fingerprint density at radius 1 is 1.21 bits per heavy atom. The molecule has 0 saturated carbocycles. The molecule has 216 valence electrons. The van der Waals surface area contributed by atoms with Crippen LogP contribution in [0.5, 0.6) is 11.5 Å². The lowest BCUT2D eigenvalue weighted by molar-refractivity contribution is 0.0528. The van der Waals surface area contributed by atoms with Gasteiger partial charge in [-0.15, -0.1) is 0 Å². The number of anilines is 1. The lowest BCUT2D eigenvalue weighted by Gasteiger charge is -2.44. The second-order valence-electron chi connectivity index (χ2n) is 11.6. The zero-order valence-corrected chi connectivity index (χ0v) is 27.3. The molecule has 1 unspecified atom stereocenters. The van der Waals surface area contributed by atoms with Gasteiger partial charge in [0, 0.05) is 12.6 Å². The molecule has 2 aliphatic heterocycles. The number of hydrogen-bond acceptors (Lipinski definition) is 6. The van der Waals surface area contributed by atoms with Crippen molar-refractivity contribution in [3.63, 3.8) is 0 Å². The van der Waals surface area contributed by atoms with Crippen LogP contribution < -0.4 is 14.4 Å². The van der Waals surface area contributed by atoms with Crippen LogP contribution in [0.4, 0.5) is 10.5 Å². The smallest absolute Gasteiger partial charge is 0.416 e. The summed E-state index contributed by atoms with van der Waals surface area (Å²) in [5.41, 5.74) is 1.64. The normalized spacial score (nSPS) is 19.4. The predicted molar refractivity (Wildman–Crippen MR) is 166 cm³/mol. The lowest BCUT2D eigenvalue weighted by Crippen LogP contribution is -2.58. The third-order valence-corrected chi connectivity index (χ3v) is 12.9. The maximum atomic E-state index is 14.0. The Balaban J connectivity index is 2.18. The number of unbranched alkanes of at least 4 members (excludes halogenated alkanes) is 2. The summed E-state index contributed by atoms with van der Waals surface area (Å²) in [6.07, 6.45) is 3.75. The Hall–Kier alpha value is -2.05. The quantitative estimate of drug-likeness (QED) is 0.0835. The van der Waals surface area contributed by atoms with Gasteiger partial charge in [-0.2, -0.15) is 0 Å². The molecule has 0 bridgehead atoms. The van der Waals surface area contributed by atoms with E-state index in [1.165, 1.54) is 11.0 Å². The molecular weight excluding hydrogens is 627 g/mol. The molecule has 8 nitrogen and oxygen atoms in total. The van der Waals surface area contributed by atoms with Crippen LogP contribution in [0.3, 0.4) is 0 Å². The number of carbonyl (C=O) groups excluding carboxylic acids is 2. The van der Waals surface area contributed by atoms with Crippen LogP contribution in [0.2, 0.25) is 18.1 Å². The average Bonchev–Trinajstić information content (AvgIpc) is 3.23. The number of methoxy groups -OCH3 is 1. The summed E-state index contributed by atoms with van der Waals surface area (Å²) in [7, 11) is -0.870. The highest BCUT2D eigenvalue weighted by Crippen LogP contribution is 2.45. The molecule has 0 aliphatic carbocycles. The van der Waals surface area contributed by atoms with Crippen LogP contribution >= 0.6 is 22.6 Å². The second-order valence-corrected chi connectivity index (χ2v) is 17.4. The fourth-order valence-electron chi connectivity index (χ4n) is 4.53. The zero-order chi connectivity index (χ0) is 29.0. The van der Waals surface area contributed by atoms with Crippen LogP contribution in [0.25, 0.3) is 0 Å². The van der Waals surface area contributed by atoms with E-state index in [0.29, 0.717) is 42.3 Å². The van der Waals surface area contributed by atoms with Crippen LogP contribution in [0.15, 0.2) is 36.9 Å². The van der Waals surface area contributed by atoms with E-state index in [9.17, 15) is 9.59 Å². The summed E-state index contributed by atoms with van der Waals surface area (Å²) in [6.45, 7) is 19.5. The third-order valence-electron chi connectivity index (χ3n) is 7.69. The van der Waals surface area contributed by atoms with Crippen molar-refractivity contribution < 1.29 is 28.2 Å². The van der Waals surface area contributed by atoms with Gasteiger partial charge >= 0.3 is 6.09 Å². The van der Waals surface area contributed by atoms with Gasteiger partial charge in [-0.1, -0.05) is 68.2 Å². The molecule has 2 atom stereocenters. The Labute approximate surface area is 247 Å². The molecule has 1 saturated heterocycles. The van der Waals surface area contributed by atoms with Crippen LogP contribution in [0.1, 0.15) is 56.8 Å². The number of carbonyl (C=O) groups is 2. The number of halogens is 1. The minimum Gasteiger partial charge on any atom is -0.493 e. The van der Waals surface area contributed by atoms with E-state index in [1.54, 1.807) is 24.1 Å². The Kier molecular flexibility index (Phi) is 10.6. The molecule has 2 heterocycles. The van der Waals surface area contributed by atoms with Gasteiger partial charge in [0.05, 0.1) is 31.0 Å². The minimum absolute atomic E-state index is 0.0306. The van der Waals surface area contributed by atoms with Crippen molar-refractivity contribution in [2.75, 3.05) is 36.2 Å². The number of benzene rings is 1. The van der Waals surface area contributed by atoms with Crippen LogP contribution in [-0.2, 0) is 9.16 Å². The van der Waals surface area contributed by atoms with Gasteiger partial charge < -0.3 is 23.5 Å². The topological polar surface area (TPSA) is 77.5 Å². The molecule has 1 aromatic carbocycles. The van der Waals surface area contributed by atoms with Crippen molar-refractivity contribution >= 4 is 48.6 Å². The first-order valence-electron chi connectivity index (χ1n) is 13.5. The Bertz CT molecular complexity index is 1090. The number of hydrogen-bond donors (Lipinski definition) is 0. The number of nitrogens with zero attached hydrogens (tertiary/aromatic N) is 2. The number of amides is 2. The van der Waals surface area contributed by atoms with Gasteiger partial charge in [0.1, 0.15) is 6.61 Å². The maximum Gasteiger partial charge on any atom is 0.416 e. The fraction of sp³-hybridized carbons (Fsp3) is 0.586. The molecule has 1 fully saturated rings. The van der Waals surface area contributed by atoms with Gasteiger partial charge in [-0.05, 0) is 54.3 Å². The molecule has 0 radical (unpaired) electrons. The van der Waals surface area contributed by atoms with Crippen molar-refractivity contribution in [3.8, 4) is 11.5 Å². The summed E-state index contributed by atoms with van der Waals surface area (Å²) in [5, 5.41) is -0.130. The van der Waals surface area contributed by atoms with E-state index in [4.69, 9.17) is 18.6 Å². The van der Waals surface area contributed by atoms with Gasteiger partial charge in [0.2, 0.25) is 0 Å². The first-order chi connectivity index (χ1) is 18.4. The summed E-state index contributed by atoms with van der Waals surface area (Å²) in [5.74, 6) is 0.703. The van der Waals surface area contributed by atoms with E-state index >= 15 is 0 Å². The van der Waals surface area contributed by atoms with Crippen LogP contribution in [-0.4, -0.2) is 68.8 Å². The van der Waals surface area contributed by atoms with E-state index < -0.39 is 26.7 Å². The standard InChI is InChI=1S/C29H43IN2O6Si/c1-9-14-37-28(34)32-22-18-25(36-15-12-10-11-13-30)24(35-6)17-21(22)26(33)31-19-20(2)16-23(31)27(32)38-39(7,8)29(3,4)5/h9,17-18,23,27H,1-2,10-16,19H2,3-8H3/t23-,27?/m0/s1. The summed E-state index contributed by atoms with van der Waals surface area (Å²) in [4.78, 5) is 31.0. The molecule has 0 aromatic heterocycles. The van der Waals surface area contributed by atoms with Gasteiger partial charge in [0.15, 0.2) is 26.0 Å². The SMILES string of the molecule is C=CCOC(=O)N1c2cc(OCCCCCI)c(OC)cc2C(=O)N2CC(=C)C[C@H]2C1O[Si](C)(C)C(C)(C)C. The predicted octanol–water partition coefficient (Wildman–Crippen LogP) is 6.94. The second kappa shape index (κ2) is 13.1. The third kappa shape index (κ3) is 7.00. The molecule has 10 heteroatoms. The molecule has 0 N–H and O–H groups in total. The van der Waals surface area contributed by atoms with Crippen molar-refractivity contribution in [1.29, 1.82) is 0 Å². The van der Waals surface area contributed by atoms with E-state index in [-0.39, 0.29) is 17.6 Å². The highest BCUT2D eigenvalue weighted by Gasteiger charge is 2.51. The van der Waals surface area contributed by atoms with Crippen molar-refractivity contribution in [1.82, 2.24) is 4.90 Å². The first kappa shape index (κ1) is 31.5. The van der Waals surface area contributed by atoms with Gasteiger partial charge in [-0.3, -0.25) is 4.79 Å². The summed E-state index contributed by atoms with van der Waals surface area (Å²) >= 11 is 2.37. The first-order valence-corrected chi connectivity index (χ1v) is 17.9. The van der Waals surface area contributed by atoms with E-state index in [1.807, 2.05) is 0 Å². The van der Waals surface area contributed by atoms with E-state index in [0.717, 1.165) is 29.3 Å². The molecule has 2 aliphatic rings. The van der Waals surface area contributed by atoms with Crippen LogP contribution in [0, 0.1) is 0 Å². The number of rotatable bonds is 11. The molecule has 3 rings (SSSR count). The molecular formula is C29H43IN2O6Si. The molecule has 2 amide bonds. The monoisotopic (exact) mass is 670 g/mol. The maximum absolute atomic E-state index is 14.0. The van der Waals surface area contributed by atoms with Crippen molar-refractivity contribution in [3.05, 3.63) is 42.5 Å². The largest absolute Gasteiger partial charge is 0.493 e. The molecule has 39 heavy (non-hydrogen) atoms. The van der Waals surface area contributed by atoms with Crippen molar-refractivity contribution in [2.24, 2.45) is 0 Å². The average molecular weight is 671 g/mol. The Morgan fingerprint density at radius 3 is 2.54 bits per heavy atom. The number of ether oxygens (including phenoxy) is 3. The highest BCUT2D eigenvalue weighted by molar-refractivity contribution is 14.1. The van der Waals surface area contributed by atoms with Crippen molar-refractivity contribution in [2.45, 2.75) is 76.9 Å². The fourth-order valence-corrected chi connectivity index (χ4v) is 6.29. The molecule has 0 spiro atoms. The van der Waals surface area contributed by atoms with E-state index in [2.05, 4.69) is 69.6 Å². The number of alkyl halides is 1. The molecule has 1 aromatic rings. The zero-order valence-electron chi connectivity index (χ0n) is 24.2. The van der Waals surface area contributed by atoms with Gasteiger partial charge in [-0.25, -0.2) is 9.69 Å². The van der Waals surface area contributed by atoms with Gasteiger partial charge in [0.25, 0.3) is 5.91 Å². The minimum atomic E-state index is -2.42. The lowest BCUT2D eigenvalue weighted by atomic mass is 10.1. The summed E-state index contributed by atoms with van der Waals surface area (Å²) < 4.78 is 25.4. The Morgan fingerprint density at radius 2 is 1.92 bits per heavy atom. The summed E-state index contributed by atoms with van der Waals surface area (Å²) in [6, 6.07) is 2.98. The highest BCUT2D eigenvalue weighted by atomic mass is 127. The number of fused-ring (bicyclic) bond motifs is 2.